The number of aliphatic hydroxyl groups excluding tert-OH is 2. The highest BCUT2D eigenvalue weighted by molar-refractivity contribution is 6.24. The Hall–Kier alpha value is -4.48. The standard InChI is InChI=1S/C31H33N3O8/c1-30(2,3)33-13-22(37)34-17-6-4-14(5-7-17)18-8-9-20(35)24-19(18)11-15-10-16-12-21(36)25(29(32)41)28(40)31(16,42)27(39)23(15)26(24)38/h4-9,15-16,33,35-36,39,42H,10-13H2,1-3H3,(H2,32,41)(H,34,37)/t15-,16+,31+/m1/s1. The Balaban J connectivity index is 1.49. The van der Waals surface area contributed by atoms with Gasteiger partial charge >= 0.3 is 0 Å². The van der Waals surface area contributed by atoms with Crippen molar-refractivity contribution in [3.63, 3.8) is 0 Å². The van der Waals surface area contributed by atoms with E-state index in [0.29, 0.717) is 22.4 Å². The maximum absolute atomic E-state index is 13.8. The molecule has 0 aromatic heterocycles. The van der Waals surface area contributed by atoms with Crippen molar-refractivity contribution >= 4 is 29.1 Å². The zero-order valence-electron chi connectivity index (χ0n) is 23.4. The fraction of sp³-hybridized carbons (Fsp3) is 0.355. The predicted octanol–water partition coefficient (Wildman–Crippen LogP) is 2.57. The Bertz CT molecular complexity index is 1600. The van der Waals surface area contributed by atoms with E-state index in [1.165, 1.54) is 6.07 Å². The number of hydrogen-bond acceptors (Lipinski definition) is 9. The van der Waals surface area contributed by atoms with Gasteiger partial charge in [0.1, 0.15) is 22.8 Å². The Morgan fingerprint density at radius 2 is 1.69 bits per heavy atom. The number of allylic oxidation sites excluding steroid dienone is 2. The smallest absolute Gasteiger partial charge is 0.255 e. The number of phenols is 1. The van der Waals surface area contributed by atoms with Crippen molar-refractivity contribution in [3.05, 3.63) is 70.2 Å². The Kier molecular flexibility index (Phi) is 6.99. The summed E-state index contributed by atoms with van der Waals surface area (Å²) in [4.78, 5) is 51.0. The van der Waals surface area contributed by atoms with Crippen LogP contribution in [0.25, 0.3) is 11.1 Å². The quantitative estimate of drug-likeness (QED) is 0.262. The second-order valence-corrected chi connectivity index (χ2v) is 12.1. The van der Waals surface area contributed by atoms with Crippen LogP contribution in [-0.4, -0.2) is 61.5 Å². The normalized spacial score (nSPS) is 23.7. The van der Waals surface area contributed by atoms with E-state index in [1.807, 2.05) is 20.8 Å². The van der Waals surface area contributed by atoms with Gasteiger partial charge in [-0.25, -0.2) is 0 Å². The molecule has 0 aliphatic heterocycles. The molecule has 3 aliphatic carbocycles. The lowest BCUT2D eigenvalue weighted by molar-refractivity contribution is -0.144. The summed E-state index contributed by atoms with van der Waals surface area (Å²) in [7, 11) is 0. The van der Waals surface area contributed by atoms with Gasteiger partial charge in [-0.15, -0.1) is 0 Å². The highest BCUT2D eigenvalue weighted by Crippen LogP contribution is 2.52. The van der Waals surface area contributed by atoms with Crippen molar-refractivity contribution in [2.45, 2.75) is 51.2 Å². The lowest BCUT2D eigenvalue weighted by Gasteiger charge is -2.45. The van der Waals surface area contributed by atoms with E-state index in [0.717, 1.165) is 0 Å². The number of amides is 2. The van der Waals surface area contributed by atoms with Crippen LogP contribution in [0.1, 0.15) is 49.5 Å². The van der Waals surface area contributed by atoms with Crippen LogP contribution in [0.4, 0.5) is 5.69 Å². The van der Waals surface area contributed by atoms with Crippen LogP contribution >= 0.6 is 0 Å². The zero-order valence-corrected chi connectivity index (χ0v) is 23.4. The fourth-order valence-corrected chi connectivity index (χ4v) is 6.17. The molecule has 42 heavy (non-hydrogen) atoms. The number of Topliss-reactive ketones (excluding diaryl/α,β-unsaturated/α-hetero) is 2. The van der Waals surface area contributed by atoms with Gasteiger partial charge in [0.25, 0.3) is 5.91 Å². The average molecular weight is 576 g/mol. The lowest BCUT2D eigenvalue weighted by Crippen LogP contribution is -2.57. The number of nitrogens with one attached hydrogen (secondary N) is 2. The first-order valence-corrected chi connectivity index (χ1v) is 13.6. The van der Waals surface area contributed by atoms with E-state index in [-0.39, 0.29) is 54.1 Å². The summed E-state index contributed by atoms with van der Waals surface area (Å²) in [6.45, 7) is 6.02. The highest BCUT2D eigenvalue weighted by atomic mass is 16.3. The number of ketones is 2. The van der Waals surface area contributed by atoms with Crippen LogP contribution in [0.5, 0.6) is 5.75 Å². The molecule has 0 saturated carbocycles. The minimum Gasteiger partial charge on any atom is -0.511 e. The maximum atomic E-state index is 13.8. The molecular formula is C31H33N3O8. The second kappa shape index (κ2) is 10.1. The van der Waals surface area contributed by atoms with Crippen LogP contribution < -0.4 is 16.4 Å². The summed E-state index contributed by atoms with van der Waals surface area (Å²) in [5, 5.41) is 49.6. The monoisotopic (exact) mass is 575 g/mol. The van der Waals surface area contributed by atoms with Gasteiger partial charge in [0.05, 0.1) is 12.1 Å². The molecule has 0 heterocycles. The Morgan fingerprint density at radius 3 is 2.31 bits per heavy atom. The van der Waals surface area contributed by atoms with Gasteiger partial charge in [0.15, 0.2) is 11.4 Å². The van der Waals surface area contributed by atoms with Gasteiger partial charge in [-0.05, 0) is 74.4 Å². The number of aromatic hydroxyl groups is 1. The summed E-state index contributed by atoms with van der Waals surface area (Å²) >= 11 is 0. The third-order valence-corrected chi connectivity index (χ3v) is 8.20. The van der Waals surface area contributed by atoms with Crippen molar-refractivity contribution in [1.29, 1.82) is 0 Å². The molecule has 0 fully saturated rings. The first-order valence-electron chi connectivity index (χ1n) is 13.6. The molecule has 2 amide bonds. The van der Waals surface area contributed by atoms with Crippen molar-refractivity contribution < 1.29 is 39.6 Å². The zero-order chi connectivity index (χ0) is 30.7. The number of hydrogen-bond donors (Lipinski definition) is 7. The van der Waals surface area contributed by atoms with Gasteiger partial charge in [0.2, 0.25) is 11.7 Å². The topological polar surface area (TPSA) is 199 Å². The van der Waals surface area contributed by atoms with E-state index in [2.05, 4.69) is 10.6 Å². The number of carbonyl (C=O) groups excluding carboxylic acids is 4. The van der Waals surface area contributed by atoms with Crippen LogP contribution in [0.2, 0.25) is 0 Å². The number of fused-ring (bicyclic) bond motifs is 3. The minimum absolute atomic E-state index is 0.0472. The number of anilines is 1. The molecule has 8 N–H and O–H groups in total. The SMILES string of the molecule is CC(C)(C)NCC(=O)Nc1ccc(-c2ccc(O)c3c2C[C@H]2C[C@H]4CC(O)=C(C(N)=O)C(=O)[C@@]4(O)C(O)=C2C3=O)cc1. The molecule has 2 aromatic carbocycles. The molecule has 11 nitrogen and oxygen atoms in total. The molecule has 2 aromatic rings. The molecule has 0 saturated heterocycles. The van der Waals surface area contributed by atoms with E-state index in [1.54, 1.807) is 30.3 Å². The largest absolute Gasteiger partial charge is 0.511 e. The van der Waals surface area contributed by atoms with E-state index in [9.17, 15) is 39.6 Å². The van der Waals surface area contributed by atoms with Crippen LogP contribution in [0, 0.1) is 11.8 Å². The molecular weight excluding hydrogens is 542 g/mol. The van der Waals surface area contributed by atoms with Gasteiger partial charge in [-0.1, -0.05) is 18.2 Å². The summed E-state index contributed by atoms with van der Waals surface area (Å²) < 4.78 is 0. The van der Waals surface area contributed by atoms with Crippen molar-refractivity contribution in [2.75, 3.05) is 11.9 Å². The van der Waals surface area contributed by atoms with Gasteiger partial charge in [-0.3, -0.25) is 19.2 Å². The summed E-state index contributed by atoms with van der Waals surface area (Å²) in [5.74, 6) is -6.88. The molecule has 0 spiro atoms. The first kappa shape index (κ1) is 29.0. The van der Waals surface area contributed by atoms with E-state index >= 15 is 0 Å². The third kappa shape index (κ3) is 4.74. The number of carbonyl (C=O) groups is 4. The summed E-state index contributed by atoms with van der Waals surface area (Å²) in [5.41, 5.74) is 3.82. The first-order chi connectivity index (χ1) is 19.6. The third-order valence-electron chi connectivity index (χ3n) is 8.20. The van der Waals surface area contributed by atoms with Crippen molar-refractivity contribution in [2.24, 2.45) is 17.6 Å². The number of benzene rings is 2. The number of nitrogens with two attached hydrogens (primary N) is 1. The number of rotatable bonds is 5. The van der Waals surface area contributed by atoms with Crippen LogP contribution in [-0.2, 0) is 20.8 Å². The van der Waals surface area contributed by atoms with E-state index in [4.69, 9.17) is 5.73 Å². The second-order valence-electron chi connectivity index (χ2n) is 12.1. The van der Waals surface area contributed by atoms with Gasteiger partial charge in [0, 0.05) is 29.1 Å². The van der Waals surface area contributed by atoms with Gasteiger partial charge in [-0.2, -0.15) is 0 Å². The van der Waals surface area contributed by atoms with Gasteiger partial charge < -0.3 is 36.8 Å². The molecule has 0 unspecified atom stereocenters. The number of phenolic OH excluding ortho intramolecular Hbond substituents is 1. The maximum Gasteiger partial charge on any atom is 0.255 e. The average Bonchev–Trinajstić information content (AvgIpc) is 2.90. The Labute approximate surface area is 241 Å². The minimum atomic E-state index is -2.61. The fourth-order valence-electron chi connectivity index (χ4n) is 6.17. The van der Waals surface area contributed by atoms with Crippen LogP contribution in [0.15, 0.2) is 59.1 Å². The van der Waals surface area contributed by atoms with Crippen molar-refractivity contribution in [3.8, 4) is 16.9 Å². The molecule has 5 rings (SSSR count). The van der Waals surface area contributed by atoms with Crippen molar-refractivity contribution in [1.82, 2.24) is 5.32 Å². The predicted molar refractivity (Wildman–Crippen MR) is 153 cm³/mol. The van der Waals surface area contributed by atoms with Crippen LogP contribution in [0.3, 0.4) is 0 Å². The molecule has 0 bridgehead atoms. The summed E-state index contributed by atoms with van der Waals surface area (Å²) in [6, 6.07) is 10.0. The lowest BCUT2D eigenvalue weighted by atomic mass is 9.60. The molecule has 11 heteroatoms. The number of aliphatic hydroxyl groups is 3. The Morgan fingerprint density at radius 1 is 1.02 bits per heavy atom. The summed E-state index contributed by atoms with van der Waals surface area (Å²) in [6.07, 6.45) is -0.0541. The molecule has 220 valence electrons. The molecule has 0 radical (unpaired) electrons. The molecule has 3 aliphatic rings. The number of primary amides is 1. The van der Waals surface area contributed by atoms with E-state index < -0.39 is 52.0 Å². The molecule has 3 atom stereocenters. The highest BCUT2D eigenvalue weighted by Gasteiger charge is 2.59.